The Hall–Kier alpha value is -3.61. The molecule has 0 spiro atoms. The van der Waals surface area contributed by atoms with E-state index in [0.717, 1.165) is 21.6 Å². The van der Waals surface area contributed by atoms with Crippen LogP contribution in [-0.4, -0.2) is 29.3 Å². The van der Waals surface area contributed by atoms with Gasteiger partial charge in [0.2, 0.25) is 0 Å². The number of carbonyl (C=O) groups excluding carboxylic acids is 3. The van der Waals surface area contributed by atoms with Crippen molar-refractivity contribution in [1.29, 1.82) is 0 Å². The van der Waals surface area contributed by atoms with E-state index in [2.05, 4.69) is 5.32 Å². The van der Waals surface area contributed by atoms with E-state index in [0.29, 0.717) is 23.2 Å². The van der Waals surface area contributed by atoms with Crippen molar-refractivity contribution in [3.63, 3.8) is 0 Å². The smallest absolute Gasteiger partial charge is 0.422 e. The van der Waals surface area contributed by atoms with Crippen LogP contribution in [0.1, 0.15) is 77.6 Å². The number of anilines is 1. The van der Waals surface area contributed by atoms with Crippen LogP contribution in [0.15, 0.2) is 54.1 Å². The first-order chi connectivity index (χ1) is 16.7. The second-order valence-corrected chi connectivity index (χ2v) is 11.1. The molecule has 0 saturated heterocycles. The second-order valence-electron chi connectivity index (χ2n) is 11.1. The third-order valence-corrected chi connectivity index (χ3v) is 5.60. The Bertz CT molecular complexity index is 1200. The number of hydrogen-bond acceptors (Lipinski definition) is 5. The first kappa shape index (κ1) is 27.0. The number of carbonyl (C=O) groups is 3. The Labute approximate surface area is 213 Å². The van der Waals surface area contributed by atoms with Crippen molar-refractivity contribution >= 4 is 29.4 Å². The maximum Gasteiger partial charge on any atom is 0.422 e. The molecule has 1 aliphatic rings. The van der Waals surface area contributed by atoms with Gasteiger partial charge in [-0.15, -0.1) is 0 Å². The van der Waals surface area contributed by atoms with E-state index >= 15 is 0 Å². The highest BCUT2D eigenvalue weighted by Crippen LogP contribution is 2.41. The summed E-state index contributed by atoms with van der Waals surface area (Å²) in [5, 5.41) is 2.98. The summed E-state index contributed by atoms with van der Waals surface area (Å²) >= 11 is 0. The monoisotopic (exact) mass is 492 g/mol. The summed E-state index contributed by atoms with van der Waals surface area (Å²) in [6.45, 7) is 14.5. The molecule has 0 saturated carbocycles. The number of ether oxygens (including phenoxy) is 2. The highest BCUT2D eigenvalue weighted by atomic mass is 16.6. The van der Waals surface area contributed by atoms with Crippen molar-refractivity contribution in [1.82, 2.24) is 5.32 Å². The molecule has 1 aliphatic heterocycles. The lowest BCUT2D eigenvalue weighted by Gasteiger charge is -2.25. The van der Waals surface area contributed by atoms with Crippen LogP contribution in [0, 0.1) is 6.92 Å². The molecule has 0 aliphatic carbocycles. The van der Waals surface area contributed by atoms with Gasteiger partial charge in [-0.2, -0.15) is 0 Å². The summed E-state index contributed by atoms with van der Waals surface area (Å²) in [6, 6.07) is 14.5. The lowest BCUT2D eigenvalue weighted by atomic mass is 9.92. The van der Waals surface area contributed by atoms with Crippen LogP contribution in [0.2, 0.25) is 0 Å². The average molecular weight is 493 g/mol. The van der Waals surface area contributed by atoms with E-state index in [4.69, 9.17) is 9.47 Å². The van der Waals surface area contributed by atoms with E-state index in [9.17, 15) is 14.4 Å². The molecule has 1 unspecified atom stereocenters. The number of fused-ring (bicyclic) bond motifs is 1. The van der Waals surface area contributed by atoms with Gasteiger partial charge in [-0.1, -0.05) is 48.0 Å². The summed E-state index contributed by atoms with van der Waals surface area (Å²) in [5.41, 5.74) is 2.84. The quantitative estimate of drug-likeness (QED) is 0.480. The minimum atomic E-state index is -0.749. The van der Waals surface area contributed by atoms with Gasteiger partial charge < -0.3 is 14.8 Å². The van der Waals surface area contributed by atoms with Gasteiger partial charge in [0, 0.05) is 11.1 Å². The fourth-order valence-corrected chi connectivity index (χ4v) is 4.19. The van der Waals surface area contributed by atoms with Crippen molar-refractivity contribution in [2.45, 2.75) is 79.1 Å². The van der Waals surface area contributed by atoms with E-state index in [1.165, 1.54) is 0 Å². The van der Waals surface area contributed by atoms with Crippen LogP contribution in [0.5, 0.6) is 0 Å². The maximum absolute atomic E-state index is 13.6. The summed E-state index contributed by atoms with van der Waals surface area (Å²) in [4.78, 5) is 40.3. The molecule has 1 heterocycles. The first-order valence-corrected chi connectivity index (χ1v) is 12.1. The first-order valence-electron chi connectivity index (χ1n) is 12.1. The third kappa shape index (κ3) is 6.33. The maximum atomic E-state index is 13.6. The Balaban J connectivity index is 2.01. The van der Waals surface area contributed by atoms with Gasteiger partial charge in [-0.05, 0) is 79.0 Å². The molecule has 2 aromatic rings. The topological polar surface area (TPSA) is 84.9 Å². The Morgan fingerprint density at radius 1 is 0.917 bits per heavy atom. The second kappa shape index (κ2) is 10.2. The van der Waals surface area contributed by atoms with Crippen LogP contribution in [0.25, 0.3) is 5.57 Å². The molecule has 3 amide bonds. The molecule has 192 valence electrons. The van der Waals surface area contributed by atoms with Gasteiger partial charge in [0.25, 0.3) is 5.91 Å². The summed E-state index contributed by atoms with van der Waals surface area (Å²) in [6.07, 6.45) is -0.908. The standard InChI is InChI=1S/C29H36N2O5/c1-18-13-9-10-14-20(18)22(30-26(33)35-28(3,4)5)17-19(2)24-21-15-11-12-16-23(21)31(25(24)32)27(34)36-29(6,7)8/h9-16,22H,17H2,1-8H3,(H,30,33)/b24-19-. The zero-order chi connectivity index (χ0) is 26.8. The van der Waals surface area contributed by atoms with Crippen LogP contribution in [0.3, 0.4) is 0 Å². The summed E-state index contributed by atoms with van der Waals surface area (Å²) in [5.74, 6) is -0.441. The third-order valence-electron chi connectivity index (χ3n) is 5.60. The lowest BCUT2D eigenvalue weighted by molar-refractivity contribution is -0.112. The number of hydrogen-bond donors (Lipinski definition) is 1. The van der Waals surface area contributed by atoms with Crippen molar-refractivity contribution in [3.8, 4) is 0 Å². The van der Waals surface area contributed by atoms with Gasteiger partial charge in [0.05, 0.1) is 11.7 Å². The number of nitrogens with zero attached hydrogens (tertiary/aromatic N) is 1. The van der Waals surface area contributed by atoms with Crippen LogP contribution in [0.4, 0.5) is 15.3 Å². The Morgan fingerprint density at radius 2 is 1.50 bits per heavy atom. The molecule has 0 fully saturated rings. The largest absolute Gasteiger partial charge is 0.444 e. The molecule has 2 aromatic carbocycles. The zero-order valence-corrected chi connectivity index (χ0v) is 22.4. The van der Waals surface area contributed by atoms with Crippen LogP contribution >= 0.6 is 0 Å². The van der Waals surface area contributed by atoms with Crippen molar-refractivity contribution < 1.29 is 23.9 Å². The molecule has 1 N–H and O–H groups in total. The number of nitrogens with one attached hydrogen (secondary N) is 1. The van der Waals surface area contributed by atoms with E-state index < -0.39 is 35.3 Å². The minimum Gasteiger partial charge on any atom is -0.444 e. The number of para-hydroxylation sites is 1. The lowest BCUT2D eigenvalue weighted by Crippen LogP contribution is -2.38. The van der Waals surface area contributed by atoms with Gasteiger partial charge in [0.1, 0.15) is 11.2 Å². The number of aryl methyl sites for hydroxylation is 1. The van der Waals surface area contributed by atoms with E-state index in [1.807, 2.05) is 71.0 Å². The molecular weight excluding hydrogens is 456 g/mol. The van der Waals surface area contributed by atoms with E-state index in [-0.39, 0.29) is 0 Å². The van der Waals surface area contributed by atoms with Crippen LogP contribution < -0.4 is 10.2 Å². The molecule has 0 radical (unpaired) electrons. The normalized spacial score (nSPS) is 15.8. The van der Waals surface area contributed by atoms with Crippen LogP contribution in [-0.2, 0) is 14.3 Å². The fourth-order valence-electron chi connectivity index (χ4n) is 4.19. The average Bonchev–Trinajstić information content (AvgIpc) is 3.03. The minimum absolute atomic E-state index is 0.349. The molecular formula is C29H36N2O5. The Kier molecular flexibility index (Phi) is 7.62. The van der Waals surface area contributed by atoms with Gasteiger partial charge in [0.15, 0.2) is 0 Å². The summed E-state index contributed by atoms with van der Waals surface area (Å²) < 4.78 is 11.0. The SMILES string of the molecule is C/C(CC(NC(=O)OC(C)(C)C)c1ccccc1C)=C1/C(=O)N(C(=O)OC(C)(C)C)c2ccccc21. The summed E-state index contributed by atoms with van der Waals surface area (Å²) in [7, 11) is 0. The molecule has 0 bridgehead atoms. The number of imide groups is 1. The molecule has 3 rings (SSSR count). The number of rotatable bonds is 4. The molecule has 7 heteroatoms. The van der Waals surface area contributed by atoms with Gasteiger partial charge >= 0.3 is 12.2 Å². The van der Waals surface area contributed by atoms with Gasteiger partial charge in [-0.3, -0.25) is 4.79 Å². The predicted octanol–water partition coefficient (Wildman–Crippen LogP) is 6.71. The molecule has 36 heavy (non-hydrogen) atoms. The zero-order valence-electron chi connectivity index (χ0n) is 22.4. The predicted molar refractivity (Wildman–Crippen MR) is 141 cm³/mol. The number of benzene rings is 2. The highest BCUT2D eigenvalue weighted by Gasteiger charge is 2.40. The number of alkyl carbamates (subject to hydrolysis) is 1. The highest BCUT2D eigenvalue weighted by molar-refractivity contribution is 6.39. The molecule has 1 atom stereocenters. The van der Waals surface area contributed by atoms with E-state index in [1.54, 1.807) is 32.9 Å². The molecule has 7 nitrogen and oxygen atoms in total. The van der Waals surface area contributed by atoms with Gasteiger partial charge in [-0.25, -0.2) is 14.5 Å². The van der Waals surface area contributed by atoms with Crippen molar-refractivity contribution in [2.75, 3.05) is 4.90 Å². The number of amides is 3. The van der Waals surface area contributed by atoms with Crippen molar-refractivity contribution in [3.05, 3.63) is 70.8 Å². The molecule has 0 aromatic heterocycles. The Morgan fingerprint density at radius 3 is 2.11 bits per heavy atom. The fraction of sp³-hybridized carbons (Fsp3) is 0.414. The van der Waals surface area contributed by atoms with Crippen molar-refractivity contribution in [2.24, 2.45) is 0 Å².